The van der Waals surface area contributed by atoms with E-state index in [1.54, 1.807) is 0 Å². The Balaban J connectivity index is 1.78. The van der Waals surface area contributed by atoms with Crippen LogP contribution in [0.3, 0.4) is 0 Å². The summed E-state index contributed by atoms with van der Waals surface area (Å²) < 4.78 is 0. The summed E-state index contributed by atoms with van der Waals surface area (Å²) in [6.07, 6.45) is 2.04. The van der Waals surface area contributed by atoms with E-state index in [2.05, 4.69) is 97.1 Å². The molecule has 0 fully saturated rings. The third-order valence-electron chi connectivity index (χ3n) is 5.65. The highest BCUT2D eigenvalue weighted by molar-refractivity contribution is 6.20. The zero-order chi connectivity index (χ0) is 18.5. The van der Waals surface area contributed by atoms with Crippen molar-refractivity contribution < 1.29 is 0 Å². The Kier molecular flexibility index (Phi) is 3.24. The standard InChI is InChI=1S/C27H17N/c1-3-9-18(10-4-1)23-17-28-27(20-11-5-2-6-12-20)26-22-16-8-14-19-13-7-15-21(24(19)22)25(23)26/h1-17H. The van der Waals surface area contributed by atoms with Crippen LogP contribution in [-0.4, -0.2) is 4.98 Å². The molecule has 1 aromatic heterocycles. The van der Waals surface area contributed by atoms with Crippen LogP contribution in [0.15, 0.2) is 103 Å². The summed E-state index contributed by atoms with van der Waals surface area (Å²) >= 11 is 0. The number of nitrogens with zero attached hydrogens (tertiary/aromatic N) is 1. The maximum Gasteiger partial charge on any atom is 0.0787 e. The Labute approximate surface area is 163 Å². The molecule has 5 aromatic rings. The first-order valence-corrected chi connectivity index (χ1v) is 9.58. The summed E-state index contributed by atoms with van der Waals surface area (Å²) in [6, 6.07) is 34.3. The van der Waals surface area contributed by atoms with Gasteiger partial charge in [0, 0.05) is 28.5 Å². The monoisotopic (exact) mass is 355 g/mol. The van der Waals surface area contributed by atoms with Crippen molar-refractivity contribution in [3.8, 4) is 44.6 Å². The van der Waals surface area contributed by atoms with Gasteiger partial charge < -0.3 is 0 Å². The summed E-state index contributed by atoms with van der Waals surface area (Å²) in [5.74, 6) is 0. The third kappa shape index (κ3) is 2.10. The molecule has 130 valence electrons. The van der Waals surface area contributed by atoms with Gasteiger partial charge in [-0.2, -0.15) is 0 Å². The second-order valence-electron chi connectivity index (χ2n) is 7.21. The number of fused-ring (bicyclic) bond motifs is 3. The molecule has 0 bridgehead atoms. The summed E-state index contributed by atoms with van der Waals surface area (Å²) in [5, 5.41) is 2.62. The van der Waals surface area contributed by atoms with Gasteiger partial charge in [-0.1, -0.05) is 97.1 Å². The lowest BCUT2D eigenvalue weighted by molar-refractivity contribution is 1.33. The lowest BCUT2D eigenvalue weighted by atomic mass is 9.92. The summed E-state index contributed by atoms with van der Waals surface area (Å²) in [5.41, 5.74) is 9.75. The SMILES string of the molecule is c1ccc(-c2cnc(-c3ccccc3)c3c2-c2cccc4cccc-3c24)cc1. The highest BCUT2D eigenvalue weighted by Gasteiger charge is 2.28. The van der Waals surface area contributed by atoms with Crippen LogP contribution < -0.4 is 0 Å². The third-order valence-corrected chi connectivity index (χ3v) is 5.65. The summed E-state index contributed by atoms with van der Waals surface area (Å²) in [4.78, 5) is 4.97. The predicted octanol–water partition coefficient (Wildman–Crippen LogP) is 7.22. The summed E-state index contributed by atoms with van der Waals surface area (Å²) in [7, 11) is 0. The molecule has 0 saturated carbocycles. The normalized spacial score (nSPS) is 11.6. The van der Waals surface area contributed by atoms with E-state index in [9.17, 15) is 0 Å². The van der Waals surface area contributed by atoms with E-state index in [1.165, 1.54) is 44.2 Å². The van der Waals surface area contributed by atoms with E-state index < -0.39 is 0 Å². The largest absolute Gasteiger partial charge is 0.255 e. The zero-order valence-electron chi connectivity index (χ0n) is 15.3. The van der Waals surface area contributed by atoms with E-state index in [4.69, 9.17) is 4.98 Å². The zero-order valence-corrected chi connectivity index (χ0v) is 15.3. The fourth-order valence-electron chi connectivity index (χ4n) is 4.46. The smallest absolute Gasteiger partial charge is 0.0787 e. The second-order valence-corrected chi connectivity index (χ2v) is 7.21. The van der Waals surface area contributed by atoms with Crippen molar-refractivity contribution in [3.63, 3.8) is 0 Å². The predicted molar refractivity (Wildman–Crippen MR) is 117 cm³/mol. The number of hydrogen-bond donors (Lipinski definition) is 0. The van der Waals surface area contributed by atoms with Gasteiger partial charge in [-0.15, -0.1) is 0 Å². The van der Waals surface area contributed by atoms with Crippen molar-refractivity contribution in [1.29, 1.82) is 0 Å². The molecule has 1 heteroatoms. The van der Waals surface area contributed by atoms with Crippen LogP contribution >= 0.6 is 0 Å². The average Bonchev–Trinajstić information content (AvgIpc) is 3.11. The number of hydrogen-bond acceptors (Lipinski definition) is 1. The van der Waals surface area contributed by atoms with E-state index in [-0.39, 0.29) is 0 Å². The fourth-order valence-corrected chi connectivity index (χ4v) is 4.46. The number of pyridine rings is 1. The number of benzene rings is 4. The summed E-state index contributed by atoms with van der Waals surface area (Å²) in [6.45, 7) is 0. The quantitative estimate of drug-likeness (QED) is 0.319. The van der Waals surface area contributed by atoms with E-state index in [0.717, 1.165) is 11.3 Å². The first-order valence-electron chi connectivity index (χ1n) is 9.58. The van der Waals surface area contributed by atoms with Crippen LogP contribution in [-0.2, 0) is 0 Å². The van der Waals surface area contributed by atoms with Crippen molar-refractivity contribution in [2.24, 2.45) is 0 Å². The minimum Gasteiger partial charge on any atom is -0.255 e. The van der Waals surface area contributed by atoms with Gasteiger partial charge in [-0.3, -0.25) is 4.98 Å². The second kappa shape index (κ2) is 5.90. The maximum absolute atomic E-state index is 4.97. The molecule has 28 heavy (non-hydrogen) atoms. The average molecular weight is 355 g/mol. The molecule has 0 saturated heterocycles. The molecule has 1 heterocycles. The Morgan fingerprint density at radius 1 is 0.464 bits per heavy atom. The van der Waals surface area contributed by atoms with Crippen molar-refractivity contribution >= 4 is 10.8 Å². The van der Waals surface area contributed by atoms with E-state index in [1.807, 2.05) is 6.20 Å². The topological polar surface area (TPSA) is 12.9 Å². The Hall–Kier alpha value is -3.71. The highest BCUT2D eigenvalue weighted by atomic mass is 14.7. The van der Waals surface area contributed by atoms with Gasteiger partial charge in [0.25, 0.3) is 0 Å². The first-order chi connectivity index (χ1) is 13.9. The van der Waals surface area contributed by atoms with E-state index in [0.29, 0.717) is 0 Å². The molecule has 0 unspecified atom stereocenters. The molecule has 0 N–H and O–H groups in total. The minimum absolute atomic E-state index is 1.05. The van der Waals surface area contributed by atoms with Crippen LogP contribution in [0, 0.1) is 0 Å². The van der Waals surface area contributed by atoms with Gasteiger partial charge in [0.15, 0.2) is 0 Å². The van der Waals surface area contributed by atoms with Gasteiger partial charge >= 0.3 is 0 Å². The van der Waals surface area contributed by atoms with Crippen molar-refractivity contribution in [3.05, 3.63) is 103 Å². The molecule has 0 radical (unpaired) electrons. The lowest BCUT2D eigenvalue weighted by Crippen LogP contribution is -1.93. The van der Waals surface area contributed by atoms with Gasteiger partial charge in [-0.25, -0.2) is 0 Å². The molecule has 1 nitrogen and oxygen atoms in total. The minimum atomic E-state index is 1.05. The molecule has 1 aliphatic carbocycles. The number of aromatic nitrogens is 1. The first kappa shape index (κ1) is 15.4. The molecular formula is C27H17N. The Bertz CT molecular complexity index is 1230. The maximum atomic E-state index is 4.97. The Morgan fingerprint density at radius 3 is 1.75 bits per heavy atom. The van der Waals surface area contributed by atoms with Crippen LogP contribution in [0.25, 0.3) is 55.4 Å². The van der Waals surface area contributed by atoms with Crippen LogP contribution in [0.5, 0.6) is 0 Å². The molecule has 0 amide bonds. The molecule has 4 aromatic carbocycles. The highest BCUT2D eigenvalue weighted by Crippen LogP contribution is 2.53. The lowest BCUT2D eigenvalue weighted by Gasteiger charge is -2.14. The molecule has 0 spiro atoms. The van der Waals surface area contributed by atoms with Crippen LogP contribution in [0.1, 0.15) is 0 Å². The van der Waals surface area contributed by atoms with Gasteiger partial charge in [0.1, 0.15) is 0 Å². The Morgan fingerprint density at radius 2 is 1.07 bits per heavy atom. The van der Waals surface area contributed by atoms with Crippen molar-refractivity contribution in [2.45, 2.75) is 0 Å². The molecule has 1 aliphatic rings. The van der Waals surface area contributed by atoms with Gasteiger partial charge in [0.2, 0.25) is 0 Å². The molecule has 0 atom stereocenters. The molecule has 6 rings (SSSR count). The van der Waals surface area contributed by atoms with Gasteiger partial charge in [0.05, 0.1) is 5.69 Å². The van der Waals surface area contributed by atoms with Crippen LogP contribution in [0.2, 0.25) is 0 Å². The van der Waals surface area contributed by atoms with Crippen molar-refractivity contribution in [1.82, 2.24) is 4.98 Å². The van der Waals surface area contributed by atoms with Crippen molar-refractivity contribution in [2.75, 3.05) is 0 Å². The molecular weight excluding hydrogens is 338 g/mol. The fraction of sp³-hybridized carbons (Fsp3) is 0. The molecule has 0 aliphatic heterocycles. The number of rotatable bonds is 2. The van der Waals surface area contributed by atoms with Gasteiger partial charge in [-0.05, 0) is 27.5 Å². The van der Waals surface area contributed by atoms with E-state index >= 15 is 0 Å². The van der Waals surface area contributed by atoms with Crippen LogP contribution in [0.4, 0.5) is 0 Å².